The highest BCUT2D eigenvalue weighted by molar-refractivity contribution is 5.93. The van der Waals surface area contributed by atoms with Crippen molar-refractivity contribution in [2.24, 2.45) is 0 Å². The molecule has 0 amide bonds. The van der Waals surface area contributed by atoms with Crippen LogP contribution in [0.1, 0.15) is 44.0 Å². The first-order chi connectivity index (χ1) is 8.83. The van der Waals surface area contributed by atoms with Gasteiger partial charge in [-0.15, -0.1) is 0 Å². The van der Waals surface area contributed by atoms with Gasteiger partial charge in [0.05, 0.1) is 4.92 Å². The van der Waals surface area contributed by atoms with E-state index in [9.17, 15) is 14.9 Å². The number of hydrogen-bond donors (Lipinski definition) is 2. The van der Waals surface area contributed by atoms with E-state index in [0.717, 1.165) is 25.1 Å². The van der Waals surface area contributed by atoms with Crippen molar-refractivity contribution in [3.8, 4) is 0 Å². The number of aromatic carboxylic acids is 1. The van der Waals surface area contributed by atoms with E-state index in [1.54, 1.807) is 0 Å². The van der Waals surface area contributed by atoms with Gasteiger partial charge >= 0.3 is 5.97 Å². The Balaban J connectivity index is 3.21. The lowest BCUT2D eigenvalue weighted by atomic mass is 9.95. The molecule has 1 heterocycles. The van der Waals surface area contributed by atoms with E-state index in [0.29, 0.717) is 0 Å². The van der Waals surface area contributed by atoms with E-state index in [2.05, 4.69) is 10.3 Å². The molecule has 0 unspecified atom stereocenters. The smallest absolute Gasteiger partial charge is 0.339 e. The van der Waals surface area contributed by atoms with Gasteiger partial charge in [0.1, 0.15) is 17.6 Å². The number of nitro groups is 1. The summed E-state index contributed by atoms with van der Waals surface area (Å²) in [4.78, 5) is 25.0. The summed E-state index contributed by atoms with van der Waals surface area (Å²) in [6.07, 6.45) is 2.61. The fourth-order valence-electron chi connectivity index (χ4n) is 1.53. The van der Waals surface area contributed by atoms with Crippen LogP contribution in [0.4, 0.5) is 11.5 Å². The van der Waals surface area contributed by atoms with Crippen molar-refractivity contribution in [2.45, 2.75) is 39.2 Å². The number of rotatable bonds is 6. The van der Waals surface area contributed by atoms with Gasteiger partial charge in [-0.2, -0.15) is 0 Å². The Kier molecular flexibility index (Phi) is 4.42. The van der Waals surface area contributed by atoms with Crippen molar-refractivity contribution in [1.82, 2.24) is 4.98 Å². The first kappa shape index (κ1) is 14.9. The van der Waals surface area contributed by atoms with Crippen molar-refractivity contribution in [3.05, 3.63) is 27.9 Å². The molecule has 0 saturated carbocycles. The van der Waals surface area contributed by atoms with Crippen LogP contribution in [-0.4, -0.2) is 26.5 Å². The molecule has 0 aliphatic heterocycles. The molecule has 7 nitrogen and oxygen atoms in total. The summed E-state index contributed by atoms with van der Waals surface area (Å²) in [6.45, 7) is 5.90. The fourth-order valence-corrected chi connectivity index (χ4v) is 1.53. The molecule has 0 spiro atoms. The molecule has 1 aromatic heterocycles. The number of anilines is 1. The summed E-state index contributed by atoms with van der Waals surface area (Å²) in [6, 6.07) is 1.02. The summed E-state index contributed by atoms with van der Waals surface area (Å²) in [5.41, 5.74) is -0.826. The normalized spacial score (nSPS) is 11.1. The van der Waals surface area contributed by atoms with E-state index in [-0.39, 0.29) is 22.6 Å². The van der Waals surface area contributed by atoms with Crippen molar-refractivity contribution >= 4 is 17.5 Å². The molecular weight excluding hydrogens is 250 g/mol. The van der Waals surface area contributed by atoms with Gasteiger partial charge in [0, 0.05) is 11.6 Å². The summed E-state index contributed by atoms with van der Waals surface area (Å²) < 4.78 is 0. The molecule has 0 aliphatic carbocycles. The van der Waals surface area contributed by atoms with Gasteiger partial charge in [-0.3, -0.25) is 10.1 Å². The average Bonchev–Trinajstić information content (AvgIpc) is 2.38. The van der Waals surface area contributed by atoms with Gasteiger partial charge in [-0.1, -0.05) is 13.8 Å². The van der Waals surface area contributed by atoms with E-state index in [1.807, 2.05) is 20.8 Å². The molecule has 0 bridgehead atoms. The Morgan fingerprint density at radius 2 is 2.11 bits per heavy atom. The maximum absolute atomic E-state index is 11.2. The van der Waals surface area contributed by atoms with Gasteiger partial charge in [-0.25, -0.2) is 9.78 Å². The molecule has 1 aromatic rings. The number of carboxylic acid groups (broad SMARTS) is 1. The minimum absolute atomic E-state index is 0.157. The molecule has 19 heavy (non-hydrogen) atoms. The number of nitrogens with zero attached hydrogens (tertiary/aromatic N) is 2. The second kappa shape index (κ2) is 5.64. The lowest BCUT2D eigenvalue weighted by Gasteiger charge is -2.29. The molecule has 104 valence electrons. The summed E-state index contributed by atoms with van der Waals surface area (Å²) in [5, 5.41) is 22.8. The predicted octanol–water partition coefficient (Wildman–Crippen LogP) is 2.68. The van der Waals surface area contributed by atoms with Crippen LogP contribution in [0, 0.1) is 10.1 Å². The maximum Gasteiger partial charge on any atom is 0.339 e. The third-order valence-corrected chi connectivity index (χ3v) is 3.30. The Labute approximate surface area is 110 Å². The van der Waals surface area contributed by atoms with E-state index < -0.39 is 10.9 Å². The minimum atomic E-state index is -1.24. The first-order valence-corrected chi connectivity index (χ1v) is 5.99. The van der Waals surface area contributed by atoms with Crippen molar-refractivity contribution in [1.29, 1.82) is 0 Å². The van der Waals surface area contributed by atoms with Crippen molar-refractivity contribution in [2.75, 3.05) is 5.32 Å². The van der Waals surface area contributed by atoms with Crippen LogP contribution in [0.3, 0.4) is 0 Å². The number of nitrogens with one attached hydrogen (secondary N) is 1. The number of carboxylic acids is 1. The molecule has 0 fully saturated rings. The van der Waals surface area contributed by atoms with Gasteiger partial charge in [0.25, 0.3) is 5.69 Å². The Hall–Kier alpha value is -2.18. The van der Waals surface area contributed by atoms with Crippen LogP contribution in [0.25, 0.3) is 0 Å². The van der Waals surface area contributed by atoms with E-state index >= 15 is 0 Å². The molecule has 2 N–H and O–H groups in total. The predicted molar refractivity (Wildman–Crippen MR) is 70.5 cm³/mol. The highest BCUT2D eigenvalue weighted by Crippen LogP contribution is 2.25. The largest absolute Gasteiger partial charge is 0.478 e. The Morgan fingerprint density at radius 3 is 2.53 bits per heavy atom. The first-order valence-electron chi connectivity index (χ1n) is 5.99. The van der Waals surface area contributed by atoms with Crippen LogP contribution < -0.4 is 5.32 Å². The topological polar surface area (TPSA) is 105 Å². The van der Waals surface area contributed by atoms with Crippen LogP contribution in [0.5, 0.6) is 0 Å². The van der Waals surface area contributed by atoms with Crippen LogP contribution in [0.2, 0.25) is 0 Å². The quantitative estimate of drug-likeness (QED) is 0.606. The summed E-state index contributed by atoms with van der Waals surface area (Å²) in [5.74, 6) is -1.09. The molecule has 0 atom stereocenters. The van der Waals surface area contributed by atoms with Crippen LogP contribution in [0.15, 0.2) is 12.3 Å². The molecular formula is C12H17N3O4. The average molecular weight is 267 g/mol. The number of hydrogen-bond acceptors (Lipinski definition) is 5. The number of carbonyl (C=O) groups is 1. The molecule has 1 rings (SSSR count). The maximum atomic E-state index is 11.2. The summed E-state index contributed by atoms with van der Waals surface area (Å²) >= 11 is 0. The van der Waals surface area contributed by atoms with Crippen molar-refractivity contribution in [3.63, 3.8) is 0 Å². The SMILES string of the molecule is CCC(C)(CC)Nc1ncc([N+](=O)[O-])cc1C(=O)O. The van der Waals surface area contributed by atoms with E-state index in [1.165, 1.54) is 0 Å². The number of pyridine rings is 1. The fraction of sp³-hybridized carbons (Fsp3) is 0.500. The zero-order chi connectivity index (χ0) is 14.6. The third-order valence-electron chi connectivity index (χ3n) is 3.30. The monoisotopic (exact) mass is 267 g/mol. The molecule has 0 saturated heterocycles. The van der Waals surface area contributed by atoms with Crippen LogP contribution in [-0.2, 0) is 0 Å². The highest BCUT2D eigenvalue weighted by atomic mass is 16.6. The lowest BCUT2D eigenvalue weighted by molar-refractivity contribution is -0.385. The molecule has 0 aliphatic rings. The van der Waals surface area contributed by atoms with E-state index in [4.69, 9.17) is 5.11 Å². The Morgan fingerprint density at radius 1 is 1.53 bits per heavy atom. The zero-order valence-corrected chi connectivity index (χ0v) is 11.1. The second-order valence-corrected chi connectivity index (χ2v) is 4.54. The molecule has 0 radical (unpaired) electrons. The van der Waals surface area contributed by atoms with Gasteiger partial charge in [0.15, 0.2) is 0 Å². The third kappa shape index (κ3) is 3.40. The van der Waals surface area contributed by atoms with Gasteiger partial charge in [0.2, 0.25) is 0 Å². The second-order valence-electron chi connectivity index (χ2n) is 4.54. The lowest BCUT2D eigenvalue weighted by Crippen LogP contribution is -2.34. The highest BCUT2D eigenvalue weighted by Gasteiger charge is 2.24. The minimum Gasteiger partial charge on any atom is -0.478 e. The van der Waals surface area contributed by atoms with Gasteiger partial charge in [-0.05, 0) is 19.8 Å². The zero-order valence-electron chi connectivity index (χ0n) is 11.1. The van der Waals surface area contributed by atoms with Crippen molar-refractivity contribution < 1.29 is 14.8 Å². The standard InChI is InChI=1S/C12H17N3O4/c1-4-12(3,5-2)14-10-9(11(16)17)6-8(7-13-10)15(18)19/h6-7H,4-5H2,1-3H3,(H,13,14)(H,16,17). The van der Waals surface area contributed by atoms with Crippen LogP contribution >= 0.6 is 0 Å². The van der Waals surface area contributed by atoms with Gasteiger partial charge < -0.3 is 10.4 Å². The number of aromatic nitrogens is 1. The Bertz CT molecular complexity index is 498. The molecule has 0 aromatic carbocycles. The molecule has 7 heteroatoms. The summed E-state index contributed by atoms with van der Waals surface area (Å²) in [7, 11) is 0.